The van der Waals surface area contributed by atoms with Gasteiger partial charge in [0.25, 0.3) is 0 Å². The van der Waals surface area contributed by atoms with Crippen LogP contribution in [-0.4, -0.2) is 51.7 Å². The van der Waals surface area contributed by atoms with Crippen molar-refractivity contribution in [3.8, 4) is 17.1 Å². The summed E-state index contributed by atoms with van der Waals surface area (Å²) < 4.78 is 22.3. The van der Waals surface area contributed by atoms with Crippen molar-refractivity contribution in [1.82, 2.24) is 4.98 Å². The molecule has 0 bridgehead atoms. The van der Waals surface area contributed by atoms with Crippen LogP contribution in [0.4, 0.5) is 0 Å². The minimum Gasteiger partial charge on any atom is -0.482 e. The molecule has 0 amide bonds. The maximum atomic E-state index is 13.6. The Bertz CT molecular complexity index is 1220. The number of nitrogens with zero attached hydrogens (tertiary/aromatic N) is 1. The van der Waals surface area contributed by atoms with Crippen molar-refractivity contribution in [3.63, 3.8) is 0 Å². The number of pyridine rings is 1. The van der Waals surface area contributed by atoms with E-state index in [9.17, 15) is 24.3 Å². The molecule has 1 N–H and O–H groups in total. The zero-order valence-electron chi connectivity index (χ0n) is 19.9. The first-order chi connectivity index (χ1) is 16.4. The van der Waals surface area contributed by atoms with Crippen LogP contribution in [-0.2, 0) is 19.1 Å². The summed E-state index contributed by atoms with van der Waals surface area (Å²) in [6.45, 7) is 5.31. The van der Waals surface area contributed by atoms with E-state index in [2.05, 4.69) is 4.98 Å². The molecule has 10 heteroatoms. The molecule has 1 unspecified atom stereocenters. The van der Waals surface area contributed by atoms with Crippen LogP contribution in [0.15, 0.2) is 39.8 Å². The van der Waals surface area contributed by atoms with Gasteiger partial charge in [-0.3, -0.25) is 19.4 Å². The van der Waals surface area contributed by atoms with E-state index in [0.717, 1.165) is 0 Å². The number of carbonyl (C=O) groups excluding carboxylic acids is 3. The van der Waals surface area contributed by atoms with Crippen LogP contribution in [0.5, 0.6) is 5.75 Å². The molecule has 2 aromatic heterocycles. The van der Waals surface area contributed by atoms with Crippen LogP contribution in [0.2, 0.25) is 0 Å². The van der Waals surface area contributed by atoms with Crippen LogP contribution in [0, 0.1) is 11.8 Å². The number of aromatic nitrogens is 1. The van der Waals surface area contributed by atoms with Gasteiger partial charge < -0.3 is 23.7 Å². The number of rotatable bonds is 5. The molecule has 0 saturated heterocycles. The van der Waals surface area contributed by atoms with Crippen molar-refractivity contribution in [3.05, 3.63) is 46.6 Å². The van der Waals surface area contributed by atoms with Crippen molar-refractivity contribution in [2.24, 2.45) is 11.8 Å². The summed E-state index contributed by atoms with van der Waals surface area (Å²) in [6, 6.07) is 4.84. The SMILES string of the molecule is CC(=O)OCC(C)(O)[C@@H]1C[C@@H]2C(=O)c3c(cc(-c4cccnc4)oc3=O)O[C@@]2(C)[C@H](OC(C)=O)C1. The molecule has 0 radical (unpaired) electrons. The molecule has 5 atom stereocenters. The van der Waals surface area contributed by atoms with E-state index in [0.29, 0.717) is 5.56 Å². The number of fused-ring (bicyclic) bond motifs is 2. The van der Waals surface area contributed by atoms with Gasteiger partial charge in [-0.25, -0.2) is 4.79 Å². The fourth-order valence-electron chi connectivity index (χ4n) is 4.91. The number of hydrogen-bond acceptors (Lipinski definition) is 10. The fourth-order valence-corrected chi connectivity index (χ4v) is 4.91. The Morgan fingerprint density at radius 1 is 1.26 bits per heavy atom. The van der Waals surface area contributed by atoms with Crippen LogP contribution in [0.25, 0.3) is 11.3 Å². The van der Waals surface area contributed by atoms with Crippen molar-refractivity contribution in [2.45, 2.75) is 57.8 Å². The second kappa shape index (κ2) is 8.92. The lowest BCUT2D eigenvalue weighted by Crippen LogP contribution is -2.63. The molecule has 0 spiro atoms. The Balaban J connectivity index is 1.76. The van der Waals surface area contributed by atoms with E-state index < -0.39 is 52.5 Å². The molecular formula is C25H27NO9. The van der Waals surface area contributed by atoms with Gasteiger partial charge in [-0.05, 0) is 44.7 Å². The quantitative estimate of drug-likeness (QED) is 0.627. The first-order valence-corrected chi connectivity index (χ1v) is 11.3. The molecule has 4 rings (SSSR count). The highest BCUT2D eigenvalue weighted by molar-refractivity contribution is 6.02. The lowest BCUT2D eigenvalue weighted by atomic mass is 9.62. The summed E-state index contributed by atoms with van der Waals surface area (Å²) in [5, 5.41) is 11.1. The summed E-state index contributed by atoms with van der Waals surface area (Å²) in [5.74, 6) is -2.97. The summed E-state index contributed by atoms with van der Waals surface area (Å²) in [4.78, 5) is 53.8. The number of ether oxygens (including phenoxy) is 3. The van der Waals surface area contributed by atoms with Gasteiger partial charge >= 0.3 is 17.6 Å². The van der Waals surface area contributed by atoms with Gasteiger partial charge in [-0.2, -0.15) is 0 Å². The first-order valence-electron chi connectivity index (χ1n) is 11.3. The molecule has 186 valence electrons. The van der Waals surface area contributed by atoms with Crippen molar-refractivity contribution < 1.29 is 38.1 Å². The van der Waals surface area contributed by atoms with E-state index in [4.69, 9.17) is 18.6 Å². The highest BCUT2D eigenvalue weighted by Crippen LogP contribution is 2.49. The van der Waals surface area contributed by atoms with E-state index in [-0.39, 0.29) is 36.5 Å². The zero-order valence-corrected chi connectivity index (χ0v) is 19.9. The average Bonchev–Trinajstić information content (AvgIpc) is 2.78. The Morgan fingerprint density at radius 3 is 2.63 bits per heavy atom. The molecule has 10 nitrogen and oxygen atoms in total. The smallest absolute Gasteiger partial charge is 0.351 e. The predicted molar refractivity (Wildman–Crippen MR) is 121 cm³/mol. The number of Topliss-reactive ketones (excluding diaryl/α,β-unsaturated/α-hetero) is 1. The zero-order chi connectivity index (χ0) is 25.5. The Labute approximate surface area is 201 Å². The van der Waals surface area contributed by atoms with Gasteiger partial charge in [-0.1, -0.05) is 0 Å². The molecule has 1 aliphatic heterocycles. The maximum absolute atomic E-state index is 13.6. The topological polar surface area (TPSA) is 142 Å². The molecule has 0 aromatic carbocycles. The van der Waals surface area contributed by atoms with Crippen molar-refractivity contribution in [1.29, 1.82) is 0 Å². The van der Waals surface area contributed by atoms with Crippen LogP contribution < -0.4 is 10.4 Å². The van der Waals surface area contributed by atoms with Crippen molar-refractivity contribution >= 4 is 17.7 Å². The third-order valence-electron chi connectivity index (χ3n) is 6.86. The van der Waals surface area contributed by atoms with Crippen molar-refractivity contribution in [2.75, 3.05) is 6.61 Å². The highest BCUT2D eigenvalue weighted by atomic mass is 16.6. The maximum Gasteiger partial charge on any atom is 0.351 e. The molecule has 2 aliphatic rings. The number of ketones is 1. The molecular weight excluding hydrogens is 458 g/mol. The minimum absolute atomic E-state index is 0.0335. The van der Waals surface area contributed by atoms with Gasteiger partial charge in [0, 0.05) is 37.9 Å². The van der Waals surface area contributed by atoms with Gasteiger partial charge in [0.1, 0.15) is 29.8 Å². The lowest BCUT2D eigenvalue weighted by Gasteiger charge is -2.52. The monoisotopic (exact) mass is 485 g/mol. The van der Waals surface area contributed by atoms with E-state index in [1.165, 1.54) is 33.0 Å². The second-order valence-corrected chi connectivity index (χ2v) is 9.49. The van der Waals surface area contributed by atoms with Crippen LogP contribution in [0.3, 0.4) is 0 Å². The Hall–Kier alpha value is -3.53. The summed E-state index contributed by atoms with van der Waals surface area (Å²) in [5.41, 5.74) is -3.38. The van der Waals surface area contributed by atoms with E-state index in [1.807, 2.05) is 0 Å². The normalized spacial score (nSPS) is 27.0. The van der Waals surface area contributed by atoms with Gasteiger partial charge in [0.2, 0.25) is 0 Å². The van der Waals surface area contributed by atoms with Gasteiger partial charge in [0.05, 0.1) is 11.5 Å². The summed E-state index contributed by atoms with van der Waals surface area (Å²) >= 11 is 0. The molecule has 3 heterocycles. The average molecular weight is 485 g/mol. The van der Waals surface area contributed by atoms with Crippen LogP contribution in [0.1, 0.15) is 50.9 Å². The molecule has 1 aliphatic carbocycles. The largest absolute Gasteiger partial charge is 0.482 e. The second-order valence-electron chi connectivity index (χ2n) is 9.49. The summed E-state index contributed by atoms with van der Waals surface area (Å²) in [7, 11) is 0. The Morgan fingerprint density at radius 2 is 2.00 bits per heavy atom. The third kappa shape index (κ3) is 4.58. The highest BCUT2D eigenvalue weighted by Gasteiger charge is 2.59. The third-order valence-corrected chi connectivity index (χ3v) is 6.86. The Kier molecular flexibility index (Phi) is 6.27. The molecule has 35 heavy (non-hydrogen) atoms. The first kappa shape index (κ1) is 24.6. The number of hydrogen-bond donors (Lipinski definition) is 1. The van der Waals surface area contributed by atoms with E-state index >= 15 is 0 Å². The number of aliphatic hydroxyl groups is 1. The number of carbonyl (C=O) groups is 3. The minimum atomic E-state index is -1.51. The molecule has 2 aromatic rings. The summed E-state index contributed by atoms with van der Waals surface area (Å²) in [6.07, 6.45) is 2.44. The fraction of sp³-hybridized carbons (Fsp3) is 0.480. The van der Waals surface area contributed by atoms with Gasteiger partial charge in [0.15, 0.2) is 11.4 Å². The standard InChI is InChI=1S/C25H27NO9/c1-13(27)32-12-24(3,31)16-8-17-22(29)21-19(35-25(17,4)20(9-16)33-14(2)28)10-18(34-23(21)30)15-6-5-7-26-11-15/h5-7,10-11,16-17,20,31H,8-9,12H2,1-4H3/t16-,17-,20-,24?,25-/m1/s1. The predicted octanol–water partition coefficient (Wildman–Crippen LogP) is 2.31. The molecule has 1 saturated carbocycles. The van der Waals surface area contributed by atoms with Crippen LogP contribution >= 0.6 is 0 Å². The number of esters is 2. The van der Waals surface area contributed by atoms with E-state index in [1.54, 1.807) is 25.3 Å². The molecule has 1 fully saturated rings. The lowest BCUT2D eigenvalue weighted by molar-refractivity contribution is -0.186. The van der Waals surface area contributed by atoms with Gasteiger partial charge in [-0.15, -0.1) is 0 Å².